The molecule has 5 aromatic carbocycles. The lowest BCUT2D eigenvalue weighted by atomic mass is 10.0. The van der Waals surface area contributed by atoms with E-state index < -0.39 is 0 Å². The fraction of sp³-hybridized carbons (Fsp3) is 0.205. The van der Waals surface area contributed by atoms with Gasteiger partial charge in [-0.05, 0) is 99.2 Å². The van der Waals surface area contributed by atoms with Gasteiger partial charge in [0.1, 0.15) is 22.4 Å². The zero-order chi connectivity index (χ0) is 36.2. The Morgan fingerprint density at radius 3 is 2.10 bits per heavy atom. The molecule has 8 nitrogen and oxygen atoms in total. The Morgan fingerprint density at radius 2 is 1.37 bits per heavy atom. The highest BCUT2D eigenvalue weighted by Gasteiger charge is 2.22. The highest BCUT2D eigenvalue weighted by Crippen LogP contribution is 2.30. The molecule has 1 aromatic heterocycles. The lowest BCUT2D eigenvalue weighted by molar-refractivity contribution is -0.538. The molecule has 0 saturated carbocycles. The summed E-state index contributed by atoms with van der Waals surface area (Å²) in [6, 6.07) is 33.4. The Morgan fingerprint density at radius 1 is 0.731 bits per heavy atom. The van der Waals surface area contributed by atoms with Gasteiger partial charge in [0.15, 0.2) is 5.69 Å². The summed E-state index contributed by atoms with van der Waals surface area (Å²) in [5.74, 6) is 0. The van der Waals surface area contributed by atoms with Crippen molar-refractivity contribution in [2.75, 3.05) is 29.9 Å². The molecular formula is C44H48N8+2. The van der Waals surface area contributed by atoms with Crippen molar-refractivity contribution in [1.82, 2.24) is 10.3 Å². The molecule has 0 unspecified atom stereocenters. The number of aromatic nitrogens is 2. The van der Waals surface area contributed by atoms with Gasteiger partial charge in [-0.3, -0.25) is 5.32 Å². The van der Waals surface area contributed by atoms with E-state index in [0.717, 1.165) is 111 Å². The number of para-hydroxylation sites is 2. The lowest BCUT2D eigenvalue weighted by Crippen LogP contribution is -2.71. The lowest BCUT2D eigenvalue weighted by Gasteiger charge is -2.17. The quantitative estimate of drug-likeness (QED) is 0.0408. The Labute approximate surface area is 306 Å². The molecule has 1 aliphatic carbocycles. The Kier molecular flexibility index (Phi) is 10.00. The molecule has 6 aromatic rings. The van der Waals surface area contributed by atoms with Crippen LogP contribution in [0.3, 0.4) is 0 Å². The second-order valence-electron chi connectivity index (χ2n) is 13.8. The number of nitrogen functional groups attached to an aromatic ring is 2. The van der Waals surface area contributed by atoms with Crippen LogP contribution >= 0.6 is 0 Å². The standard InChI is InChI=1S/C44H46N8/c1-28-22-39(40(25-35(28)45)49-32-13-7-5-8-14-32)50-33-17-18-37(30(3)21-33)47-19-11-12-20-48-38-27-44-42(24-31(38)4)51-41-23-29(2)36(46)26-43(41)52(44)34-15-9-6-10-16-34/h5-10,13-16,18,21-27,47,49H,11-12,17,19-20,45H2,1-4H3,(H2,46,48)/p+2. The van der Waals surface area contributed by atoms with Crippen LogP contribution in [-0.2, 0) is 0 Å². The number of fused-ring (bicyclic) bond motifs is 2. The third-order valence-corrected chi connectivity index (χ3v) is 9.78. The minimum atomic E-state index is 0.765. The van der Waals surface area contributed by atoms with Gasteiger partial charge in [0.25, 0.3) is 0 Å². The first kappa shape index (κ1) is 34.5. The highest BCUT2D eigenvalue weighted by molar-refractivity contribution is 6.00. The van der Waals surface area contributed by atoms with E-state index in [-0.39, 0.29) is 0 Å². The number of anilines is 3. The predicted molar refractivity (Wildman–Crippen MR) is 217 cm³/mol. The molecule has 8 N–H and O–H groups in total. The smallest absolute Gasteiger partial charge is 0.239 e. The van der Waals surface area contributed by atoms with Crippen LogP contribution in [-0.4, -0.2) is 23.8 Å². The van der Waals surface area contributed by atoms with Crippen LogP contribution in [0.1, 0.15) is 42.9 Å². The van der Waals surface area contributed by atoms with Crippen LogP contribution < -0.4 is 32.0 Å². The molecule has 7 rings (SSSR count). The van der Waals surface area contributed by atoms with E-state index in [2.05, 4.69) is 107 Å². The molecule has 262 valence electrons. The number of quaternary nitrogens is 1. The van der Waals surface area contributed by atoms with Gasteiger partial charge in [-0.25, -0.2) is 9.98 Å². The highest BCUT2D eigenvalue weighted by atomic mass is 15.0. The molecule has 0 saturated heterocycles. The first-order chi connectivity index (χ1) is 25.2. The van der Waals surface area contributed by atoms with E-state index in [9.17, 15) is 0 Å². The van der Waals surface area contributed by atoms with Gasteiger partial charge >= 0.3 is 0 Å². The van der Waals surface area contributed by atoms with Crippen LogP contribution in [0.25, 0.3) is 27.8 Å². The summed E-state index contributed by atoms with van der Waals surface area (Å²) in [7, 11) is 0. The maximum Gasteiger partial charge on any atom is 0.239 e. The van der Waals surface area contributed by atoms with Crippen molar-refractivity contribution < 1.29 is 9.88 Å². The summed E-state index contributed by atoms with van der Waals surface area (Å²) in [5.41, 5.74) is 30.1. The van der Waals surface area contributed by atoms with Gasteiger partial charge in [0.05, 0.1) is 0 Å². The van der Waals surface area contributed by atoms with Crippen LogP contribution in [0.4, 0.5) is 34.1 Å². The van der Waals surface area contributed by atoms with Crippen molar-refractivity contribution in [2.24, 2.45) is 4.99 Å². The fourth-order valence-corrected chi connectivity index (χ4v) is 6.78. The van der Waals surface area contributed by atoms with E-state index in [1.54, 1.807) is 0 Å². The van der Waals surface area contributed by atoms with E-state index in [0.29, 0.717) is 0 Å². The molecule has 8 heteroatoms. The second-order valence-corrected chi connectivity index (χ2v) is 13.8. The summed E-state index contributed by atoms with van der Waals surface area (Å²) < 4.78 is 2.27. The van der Waals surface area contributed by atoms with Crippen molar-refractivity contribution in [1.29, 1.82) is 0 Å². The topological polar surface area (TPSA) is 122 Å². The fourth-order valence-electron chi connectivity index (χ4n) is 6.78. The number of nitrogens with two attached hydrogens (primary N) is 3. The number of hydrogen-bond donors (Lipinski definition) is 5. The zero-order valence-electron chi connectivity index (χ0n) is 30.5. The van der Waals surface area contributed by atoms with Gasteiger partial charge < -0.3 is 22.1 Å². The minimum absolute atomic E-state index is 0.765. The molecule has 0 amide bonds. The number of aliphatic imine (C=N–C) groups is 1. The summed E-state index contributed by atoms with van der Waals surface area (Å²) in [4.78, 5) is 10.1. The Hall–Kier alpha value is -5.99. The number of benzene rings is 5. The average Bonchev–Trinajstić information content (AvgIpc) is 3.13. The van der Waals surface area contributed by atoms with Crippen molar-refractivity contribution >= 4 is 61.9 Å². The SMILES string of the molecule is CC1=CC(=Nc2cc(C)c(N)cc2[NH2+]c2ccccc2)CC=C1NCCCCNc1cc2c(cc1C)nc1cc(C)c(N)cc1[n+]2-c1ccccc1. The zero-order valence-corrected chi connectivity index (χ0v) is 30.5. The van der Waals surface area contributed by atoms with Gasteiger partial charge in [0.2, 0.25) is 16.7 Å². The first-order valence-corrected chi connectivity index (χ1v) is 18.1. The minimum Gasteiger partial charge on any atom is -0.398 e. The molecule has 0 atom stereocenters. The van der Waals surface area contributed by atoms with Crippen LogP contribution in [0.15, 0.2) is 125 Å². The molecule has 52 heavy (non-hydrogen) atoms. The maximum absolute atomic E-state index is 6.39. The summed E-state index contributed by atoms with van der Waals surface area (Å²) in [5, 5.41) is 9.52. The van der Waals surface area contributed by atoms with Gasteiger partial charge in [-0.15, -0.1) is 4.57 Å². The molecule has 0 fully saturated rings. The number of nitrogens with one attached hydrogen (secondary N) is 2. The van der Waals surface area contributed by atoms with E-state index in [1.807, 2.05) is 50.2 Å². The molecule has 1 aliphatic rings. The molecule has 1 heterocycles. The number of rotatable bonds is 11. The predicted octanol–water partition coefficient (Wildman–Crippen LogP) is 8.07. The van der Waals surface area contributed by atoms with E-state index in [4.69, 9.17) is 21.4 Å². The molecule has 0 aliphatic heterocycles. The maximum atomic E-state index is 6.39. The van der Waals surface area contributed by atoms with Crippen molar-refractivity contribution in [3.63, 3.8) is 0 Å². The monoisotopic (exact) mass is 688 g/mol. The second kappa shape index (κ2) is 15.1. The number of hydrogen-bond acceptors (Lipinski definition) is 6. The number of nitrogens with zero attached hydrogens (tertiary/aromatic N) is 3. The summed E-state index contributed by atoms with van der Waals surface area (Å²) >= 11 is 0. The molecule has 0 bridgehead atoms. The Bertz CT molecular complexity index is 2360. The van der Waals surface area contributed by atoms with E-state index in [1.165, 1.54) is 16.8 Å². The molecule has 0 radical (unpaired) electrons. The Balaban J connectivity index is 0.984. The number of aryl methyl sites for hydroxylation is 3. The normalized spacial score (nSPS) is 13.7. The number of allylic oxidation sites excluding steroid dienone is 3. The largest absolute Gasteiger partial charge is 0.398 e. The van der Waals surface area contributed by atoms with Crippen molar-refractivity contribution in [2.45, 2.75) is 47.0 Å². The van der Waals surface area contributed by atoms with E-state index >= 15 is 0 Å². The third-order valence-electron chi connectivity index (χ3n) is 9.78. The molecule has 0 spiro atoms. The molecular weight excluding hydrogens is 641 g/mol. The van der Waals surface area contributed by atoms with Crippen molar-refractivity contribution in [3.8, 4) is 5.69 Å². The van der Waals surface area contributed by atoms with Crippen LogP contribution in [0.5, 0.6) is 0 Å². The summed E-state index contributed by atoms with van der Waals surface area (Å²) in [6.45, 7) is 10.1. The van der Waals surface area contributed by atoms with Gasteiger partial charge in [-0.1, -0.05) is 42.5 Å². The van der Waals surface area contributed by atoms with Crippen LogP contribution in [0.2, 0.25) is 0 Å². The number of unbranched alkanes of at least 4 members (excludes halogenated alkanes) is 1. The third kappa shape index (κ3) is 7.53. The van der Waals surface area contributed by atoms with Gasteiger partial charge in [0, 0.05) is 78.3 Å². The van der Waals surface area contributed by atoms with Crippen molar-refractivity contribution in [3.05, 3.63) is 137 Å². The summed E-state index contributed by atoms with van der Waals surface area (Å²) in [6.07, 6.45) is 7.30. The van der Waals surface area contributed by atoms with Crippen LogP contribution in [0, 0.1) is 20.8 Å². The average molecular weight is 689 g/mol. The first-order valence-electron chi connectivity index (χ1n) is 18.1. The van der Waals surface area contributed by atoms with Gasteiger partial charge in [-0.2, -0.15) is 0 Å².